The molecule has 3 nitrogen and oxygen atoms in total. The minimum atomic E-state index is -2.06. The summed E-state index contributed by atoms with van der Waals surface area (Å²) in [6, 6.07) is 7.18. The molecule has 0 aliphatic rings. The van der Waals surface area contributed by atoms with Gasteiger partial charge in [-0.15, -0.1) is 6.58 Å². The van der Waals surface area contributed by atoms with Gasteiger partial charge in [-0.1, -0.05) is 50.6 Å². The number of hydrogen-bond donors (Lipinski definition) is 0. The predicted octanol–water partition coefficient (Wildman–Crippen LogP) is 5.17. The normalized spacial score (nSPS) is 14.9. The monoisotopic (exact) mass is 354 g/mol. The molecule has 23 heavy (non-hydrogen) atoms. The van der Waals surface area contributed by atoms with Gasteiger partial charge in [0.05, 0.1) is 13.2 Å². The van der Waals surface area contributed by atoms with E-state index in [1.807, 2.05) is 12.1 Å². The van der Waals surface area contributed by atoms with E-state index in [0.29, 0.717) is 5.02 Å². The molecule has 1 aromatic rings. The number of halogens is 1. The Morgan fingerprint density at radius 1 is 1.26 bits per heavy atom. The quantitative estimate of drug-likeness (QED) is 0.401. The summed E-state index contributed by atoms with van der Waals surface area (Å²) in [6.45, 7) is 14.7. The third kappa shape index (κ3) is 4.93. The highest BCUT2D eigenvalue weighted by Gasteiger charge is 2.42. The van der Waals surface area contributed by atoms with Crippen LogP contribution in [0.15, 0.2) is 36.9 Å². The molecule has 0 amide bonds. The molecule has 0 aromatic heterocycles. The Bertz CT molecular complexity index is 546. The third-order valence-corrected chi connectivity index (χ3v) is 9.21. The van der Waals surface area contributed by atoms with Crippen LogP contribution in [-0.4, -0.2) is 27.5 Å². The van der Waals surface area contributed by atoms with Crippen molar-refractivity contribution in [2.24, 2.45) is 0 Å². The fraction of sp³-hybridized carbons (Fsp3) is 0.500. The largest absolute Gasteiger partial charge is 0.468 e. The van der Waals surface area contributed by atoms with E-state index in [2.05, 4.69) is 40.4 Å². The summed E-state index contributed by atoms with van der Waals surface area (Å²) in [6.07, 6.45) is 1.25. The van der Waals surface area contributed by atoms with Crippen LogP contribution in [0, 0.1) is 0 Å². The summed E-state index contributed by atoms with van der Waals surface area (Å²) >= 11 is 5.95. The summed E-state index contributed by atoms with van der Waals surface area (Å²) in [5, 5.41) is 0.660. The van der Waals surface area contributed by atoms with Gasteiger partial charge in [-0.3, -0.25) is 4.79 Å². The molecule has 5 heteroatoms. The van der Waals surface area contributed by atoms with Crippen LogP contribution in [0.1, 0.15) is 32.3 Å². The van der Waals surface area contributed by atoms with Gasteiger partial charge in [-0.2, -0.15) is 0 Å². The van der Waals surface area contributed by atoms with Crippen molar-refractivity contribution in [2.45, 2.75) is 50.9 Å². The SMILES string of the molecule is C=CC(O[Si](C)(C)C(C)(C)C)C(C(=O)OC)c1ccc(Cl)cc1. The fourth-order valence-electron chi connectivity index (χ4n) is 2.03. The standard InChI is InChI=1S/C18H27ClO3Si/c1-8-15(22-23(6,7)18(2,3)4)16(17(20)21-5)13-9-11-14(19)12-10-13/h8-12,15-16H,1H2,2-7H3. The van der Waals surface area contributed by atoms with Gasteiger partial charge in [0.1, 0.15) is 5.92 Å². The Morgan fingerprint density at radius 2 is 1.78 bits per heavy atom. The molecular formula is C18H27ClO3Si. The van der Waals surface area contributed by atoms with Crippen LogP contribution < -0.4 is 0 Å². The summed E-state index contributed by atoms with van der Waals surface area (Å²) in [5.74, 6) is -0.889. The molecule has 0 spiro atoms. The molecule has 1 rings (SSSR count). The topological polar surface area (TPSA) is 35.5 Å². The summed E-state index contributed by atoms with van der Waals surface area (Å²) in [7, 11) is -0.673. The fourth-order valence-corrected chi connectivity index (χ4v) is 3.42. The first kappa shape index (κ1) is 19.9. The van der Waals surface area contributed by atoms with Crippen molar-refractivity contribution in [3.63, 3.8) is 0 Å². The van der Waals surface area contributed by atoms with Crippen molar-refractivity contribution in [1.82, 2.24) is 0 Å². The molecule has 1 aromatic carbocycles. The molecule has 0 heterocycles. The average molecular weight is 355 g/mol. The van der Waals surface area contributed by atoms with Crippen molar-refractivity contribution in [2.75, 3.05) is 7.11 Å². The molecule has 0 N–H and O–H groups in total. The number of ether oxygens (including phenoxy) is 1. The molecule has 0 bridgehead atoms. The molecule has 2 atom stereocenters. The first-order valence-electron chi connectivity index (χ1n) is 7.67. The Kier molecular flexibility index (Phi) is 6.63. The molecule has 128 valence electrons. The van der Waals surface area contributed by atoms with Crippen molar-refractivity contribution < 1.29 is 14.0 Å². The van der Waals surface area contributed by atoms with E-state index in [0.717, 1.165) is 5.56 Å². The zero-order chi connectivity index (χ0) is 17.8. The Hall–Kier alpha value is -1.10. The number of benzene rings is 1. The highest BCUT2D eigenvalue weighted by Crippen LogP contribution is 2.39. The summed E-state index contributed by atoms with van der Waals surface area (Å²) < 4.78 is 11.4. The van der Waals surface area contributed by atoms with Crippen molar-refractivity contribution in [3.8, 4) is 0 Å². The van der Waals surface area contributed by atoms with Crippen LogP contribution in [0.3, 0.4) is 0 Å². The second-order valence-corrected chi connectivity index (χ2v) is 12.3. The minimum Gasteiger partial charge on any atom is -0.468 e. The number of carbonyl (C=O) groups excluding carboxylic acids is 1. The lowest BCUT2D eigenvalue weighted by molar-refractivity contribution is -0.144. The van der Waals surface area contributed by atoms with E-state index in [1.54, 1.807) is 18.2 Å². The van der Waals surface area contributed by atoms with E-state index >= 15 is 0 Å². The van der Waals surface area contributed by atoms with Gasteiger partial charge in [0.2, 0.25) is 0 Å². The second kappa shape index (κ2) is 7.64. The Morgan fingerprint density at radius 3 is 2.17 bits per heavy atom. The van der Waals surface area contributed by atoms with E-state index in [4.69, 9.17) is 20.8 Å². The van der Waals surface area contributed by atoms with Gasteiger partial charge in [-0.25, -0.2) is 0 Å². The van der Waals surface area contributed by atoms with Crippen molar-refractivity contribution >= 4 is 25.9 Å². The molecular weight excluding hydrogens is 328 g/mol. The van der Waals surface area contributed by atoms with Crippen LogP contribution in [0.2, 0.25) is 23.2 Å². The van der Waals surface area contributed by atoms with Gasteiger partial charge in [-0.05, 0) is 35.8 Å². The van der Waals surface area contributed by atoms with Gasteiger partial charge >= 0.3 is 5.97 Å². The lowest BCUT2D eigenvalue weighted by Gasteiger charge is -2.40. The summed E-state index contributed by atoms with van der Waals surface area (Å²) in [4.78, 5) is 12.4. The molecule has 0 aliphatic carbocycles. The maximum absolute atomic E-state index is 12.4. The second-order valence-electron chi connectivity index (χ2n) is 7.13. The molecule has 2 unspecified atom stereocenters. The van der Waals surface area contributed by atoms with Crippen LogP contribution >= 0.6 is 11.6 Å². The van der Waals surface area contributed by atoms with E-state index in [1.165, 1.54) is 7.11 Å². The van der Waals surface area contributed by atoms with Crippen LogP contribution in [0.4, 0.5) is 0 Å². The number of esters is 1. The number of methoxy groups -OCH3 is 1. The summed E-state index contributed by atoms with van der Waals surface area (Å²) in [5.41, 5.74) is 0.810. The van der Waals surface area contributed by atoms with Gasteiger partial charge in [0.25, 0.3) is 0 Å². The van der Waals surface area contributed by atoms with E-state index in [9.17, 15) is 4.79 Å². The zero-order valence-electron chi connectivity index (χ0n) is 14.9. The minimum absolute atomic E-state index is 0.0366. The molecule has 0 saturated carbocycles. The highest BCUT2D eigenvalue weighted by atomic mass is 35.5. The van der Waals surface area contributed by atoms with Crippen molar-refractivity contribution in [3.05, 3.63) is 47.5 Å². The lowest BCUT2D eigenvalue weighted by Crippen LogP contribution is -2.46. The van der Waals surface area contributed by atoms with Crippen molar-refractivity contribution in [1.29, 1.82) is 0 Å². The first-order valence-corrected chi connectivity index (χ1v) is 11.0. The molecule has 0 fully saturated rings. The van der Waals surface area contributed by atoms with Crippen LogP contribution in [0.25, 0.3) is 0 Å². The maximum atomic E-state index is 12.4. The first-order chi connectivity index (χ1) is 10.5. The average Bonchev–Trinajstić information content (AvgIpc) is 2.46. The van der Waals surface area contributed by atoms with Gasteiger partial charge < -0.3 is 9.16 Å². The van der Waals surface area contributed by atoms with Gasteiger partial charge in [0, 0.05) is 5.02 Å². The van der Waals surface area contributed by atoms with Gasteiger partial charge in [0.15, 0.2) is 8.32 Å². The number of rotatable bonds is 6. The zero-order valence-corrected chi connectivity index (χ0v) is 16.6. The number of carbonyl (C=O) groups is 1. The Balaban J connectivity index is 3.20. The molecule has 0 radical (unpaired) electrons. The maximum Gasteiger partial charge on any atom is 0.316 e. The van der Waals surface area contributed by atoms with E-state index < -0.39 is 20.3 Å². The molecule has 0 aliphatic heterocycles. The van der Waals surface area contributed by atoms with Crippen LogP contribution in [-0.2, 0) is 14.0 Å². The number of hydrogen-bond acceptors (Lipinski definition) is 3. The van der Waals surface area contributed by atoms with E-state index in [-0.39, 0.29) is 11.0 Å². The molecule has 0 saturated heterocycles. The third-order valence-electron chi connectivity index (χ3n) is 4.48. The lowest BCUT2D eigenvalue weighted by atomic mass is 9.93. The Labute approximate surface area is 145 Å². The predicted molar refractivity (Wildman–Crippen MR) is 98.5 cm³/mol. The highest BCUT2D eigenvalue weighted by molar-refractivity contribution is 6.74. The van der Waals surface area contributed by atoms with Crippen LogP contribution in [0.5, 0.6) is 0 Å². The smallest absolute Gasteiger partial charge is 0.316 e.